The summed E-state index contributed by atoms with van der Waals surface area (Å²) in [5, 5.41) is 13.4. The lowest BCUT2D eigenvalue weighted by molar-refractivity contribution is 0.766. The molecule has 0 spiro atoms. The molecule has 0 atom stereocenters. The van der Waals surface area contributed by atoms with E-state index in [0.717, 1.165) is 22.6 Å². The van der Waals surface area contributed by atoms with Gasteiger partial charge in [-0.15, -0.1) is 0 Å². The average Bonchev–Trinajstić information content (AvgIpc) is 2.73. The zero-order valence-electron chi connectivity index (χ0n) is 11.7. The van der Waals surface area contributed by atoms with Gasteiger partial charge in [0.2, 0.25) is 0 Å². The predicted octanol–water partition coefficient (Wildman–Crippen LogP) is 1.94. The number of aromatic nitrogens is 3. The fourth-order valence-electron chi connectivity index (χ4n) is 2.16. The summed E-state index contributed by atoms with van der Waals surface area (Å²) in [5.74, 6) is 0. The third-order valence-electron chi connectivity index (χ3n) is 3.01. The highest BCUT2D eigenvalue weighted by atomic mass is 15.2. The van der Waals surface area contributed by atoms with Crippen molar-refractivity contribution in [1.29, 1.82) is 5.26 Å². The van der Waals surface area contributed by atoms with Crippen LogP contribution in [0.1, 0.15) is 22.5 Å². The van der Waals surface area contributed by atoms with Crippen LogP contribution in [-0.2, 0) is 13.6 Å². The van der Waals surface area contributed by atoms with E-state index in [-0.39, 0.29) is 0 Å². The fourth-order valence-corrected chi connectivity index (χ4v) is 2.16. The van der Waals surface area contributed by atoms with Crippen LogP contribution < -0.4 is 4.90 Å². The van der Waals surface area contributed by atoms with Crippen molar-refractivity contribution in [2.45, 2.75) is 20.4 Å². The molecule has 2 aromatic heterocycles. The van der Waals surface area contributed by atoms with Crippen LogP contribution in [0, 0.1) is 25.2 Å². The van der Waals surface area contributed by atoms with E-state index in [1.54, 1.807) is 4.68 Å². The first-order valence-corrected chi connectivity index (χ1v) is 6.08. The van der Waals surface area contributed by atoms with Gasteiger partial charge in [0.25, 0.3) is 0 Å². The number of nitrogens with zero attached hydrogens (tertiary/aromatic N) is 5. The normalized spacial score (nSPS) is 10.3. The van der Waals surface area contributed by atoms with Crippen molar-refractivity contribution < 1.29 is 0 Å². The van der Waals surface area contributed by atoms with Gasteiger partial charge in [0.1, 0.15) is 6.07 Å². The predicted molar refractivity (Wildman–Crippen MR) is 73.7 cm³/mol. The molecule has 5 heteroatoms. The zero-order valence-corrected chi connectivity index (χ0v) is 11.7. The lowest BCUT2D eigenvalue weighted by Gasteiger charge is -2.21. The Morgan fingerprint density at radius 3 is 2.74 bits per heavy atom. The molecule has 2 heterocycles. The van der Waals surface area contributed by atoms with Crippen LogP contribution in [0.5, 0.6) is 0 Å². The van der Waals surface area contributed by atoms with Crippen molar-refractivity contribution in [2.75, 3.05) is 11.9 Å². The summed E-state index contributed by atoms with van der Waals surface area (Å²) < 4.78 is 1.78. The standard InChI is InChI=1S/C14H17N5/c1-10-5-14(13(6-15)11(2)17-10)18(3)8-12-7-16-19(4)9-12/h5,7,9H,8H2,1-4H3. The monoisotopic (exact) mass is 255 g/mol. The molecule has 5 nitrogen and oxygen atoms in total. The molecule has 0 saturated carbocycles. The van der Waals surface area contributed by atoms with E-state index < -0.39 is 0 Å². The Morgan fingerprint density at radius 2 is 2.16 bits per heavy atom. The molecule has 0 bridgehead atoms. The van der Waals surface area contributed by atoms with Crippen molar-refractivity contribution >= 4 is 5.69 Å². The Morgan fingerprint density at radius 1 is 1.42 bits per heavy atom. The summed E-state index contributed by atoms with van der Waals surface area (Å²) in [4.78, 5) is 6.39. The van der Waals surface area contributed by atoms with Crippen LogP contribution in [0.3, 0.4) is 0 Å². The van der Waals surface area contributed by atoms with Crippen molar-refractivity contribution in [3.8, 4) is 6.07 Å². The van der Waals surface area contributed by atoms with Crippen LogP contribution in [0.15, 0.2) is 18.5 Å². The molecule has 0 fully saturated rings. The Labute approximate surface area is 113 Å². The van der Waals surface area contributed by atoms with E-state index in [9.17, 15) is 5.26 Å². The van der Waals surface area contributed by atoms with Crippen LogP contribution in [0.4, 0.5) is 5.69 Å². The SMILES string of the molecule is Cc1cc(N(C)Cc2cnn(C)c2)c(C#N)c(C)n1. The molecule has 19 heavy (non-hydrogen) atoms. The molecule has 0 aliphatic heterocycles. The molecule has 0 N–H and O–H groups in total. The Hall–Kier alpha value is -2.35. The minimum atomic E-state index is 0.636. The van der Waals surface area contributed by atoms with Gasteiger partial charge in [-0.3, -0.25) is 9.67 Å². The van der Waals surface area contributed by atoms with Crippen molar-refractivity contribution in [1.82, 2.24) is 14.8 Å². The van der Waals surface area contributed by atoms with Gasteiger partial charge in [-0.25, -0.2) is 0 Å². The molecule has 0 aliphatic rings. The first-order valence-electron chi connectivity index (χ1n) is 6.08. The van der Waals surface area contributed by atoms with Gasteiger partial charge in [-0.2, -0.15) is 10.4 Å². The molecular formula is C14H17N5. The quantitative estimate of drug-likeness (QED) is 0.841. The number of anilines is 1. The molecule has 0 amide bonds. The number of aryl methyl sites for hydroxylation is 3. The van der Waals surface area contributed by atoms with E-state index in [1.165, 1.54) is 0 Å². The maximum Gasteiger partial charge on any atom is 0.103 e. The minimum absolute atomic E-state index is 0.636. The van der Waals surface area contributed by atoms with Gasteiger partial charge >= 0.3 is 0 Å². The first-order chi connectivity index (χ1) is 9.01. The van der Waals surface area contributed by atoms with E-state index in [4.69, 9.17) is 0 Å². The second kappa shape index (κ2) is 5.11. The second-order valence-electron chi connectivity index (χ2n) is 4.73. The van der Waals surface area contributed by atoms with Gasteiger partial charge in [0, 0.05) is 38.1 Å². The fraction of sp³-hybridized carbons (Fsp3) is 0.357. The van der Waals surface area contributed by atoms with Crippen LogP contribution >= 0.6 is 0 Å². The third-order valence-corrected chi connectivity index (χ3v) is 3.01. The minimum Gasteiger partial charge on any atom is -0.369 e. The molecule has 0 saturated heterocycles. The Balaban J connectivity index is 2.33. The van der Waals surface area contributed by atoms with Gasteiger partial charge in [-0.05, 0) is 19.9 Å². The van der Waals surface area contributed by atoms with E-state index in [1.807, 2.05) is 46.4 Å². The maximum atomic E-state index is 9.28. The van der Waals surface area contributed by atoms with Gasteiger partial charge in [-0.1, -0.05) is 0 Å². The van der Waals surface area contributed by atoms with E-state index in [2.05, 4.69) is 21.1 Å². The van der Waals surface area contributed by atoms with Crippen molar-refractivity contribution in [3.05, 3.63) is 41.0 Å². The summed E-state index contributed by atoms with van der Waals surface area (Å²) >= 11 is 0. The molecule has 98 valence electrons. The van der Waals surface area contributed by atoms with Gasteiger partial charge in [0.15, 0.2) is 0 Å². The molecule has 0 unspecified atom stereocenters. The molecular weight excluding hydrogens is 238 g/mol. The lowest BCUT2D eigenvalue weighted by Crippen LogP contribution is -2.18. The van der Waals surface area contributed by atoms with Crippen LogP contribution in [0.2, 0.25) is 0 Å². The Kier molecular flexibility index (Phi) is 3.52. The summed E-state index contributed by atoms with van der Waals surface area (Å²) in [7, 11) is 3.87. The molecule has 0 radical (unpaired) electrons. The Bertz CT molecular complexity index is 636. The highest BCUT2D eigenvalue weighted by Crippen LogP contribution is 2.23. The summed E-state index contributed by atoms with van der Waals surface area (Å²) in [6, 6.07) is 4.18. The summed E-state index contributed by atoms with van der Waals surface area (Å²) in [6.07, 6.45) is 3.81. The van der Waals surface area contributed by atoms with Gasteiger partial charge in [0.05, 0.1) is 23.1 Å². The summed E-state index contributed by atoms with van der Waals surface area (Å²) in [5.41, 5.74) is 4.36. The highest BCUT2D eigenvalue weighted by molar-refractivity contribution is 5.61. The smallest absolute Gasteiger partial charge is 0.103 e. The molecule has 2 aromatic rings. The highest BCUT2D eigenvalue weighted by Gasteiger charge is 2.12. The molecule has 2 rings (SSSR count). The third kappa shape index (κ3) is 2.74. The number of rotatable bonds is 3. The maximum absolute atomic E-state index is 9.28. The number of nitriles is 1. The second-order valence-corrected chi connectivity index (χ2v) is 4.73. The van der Waals surface area contributed by atoms with Crippen LogP contribution in [-0.4, -0.2) is 21.8 Å². The van der Waals surface area contributed by atoms with Crippen molar-refractivity contribution in [2.24, 2.45) is 7.05 Å². The van der Waals surface area contributed by atoms with E-state index in [0.29, 0.717) is 12.1 Å². The molecule has 0 aliphatic carbocycles. The van der Waals surface area contributed by atoms with Gasteiger partial charge < -0.3 is 4.90 Å². The van der Waals surface area contributed by atoms with Crippen molar-refractivity contribution in [3.63, 3.8) is 0 Å². The average molecular weight is 255 g/mol. The zero-order chi connectivity index (χ0) is 14.0. The van der Waals surface area contributed by atoms with Crippen LogP contribution in [0.25, 0.3) is 0 Å². The first kappa shape index (κ1) is 13.1. The number of hydrogen-bond donors (Lipinski definition) is 0. The summed E-state index contributed by atoms with van der Waals surface area (Å²) in [6.45, 7) is 4.52. The topological polar surface area (TPSA) is 57.7 Å². The number of hydrogen-bond acceptors (Lipinski definition) is 4. The largest absolute Gasteiger partial charge is 0.369 e. The number of pyridine rings is 1. The lowest BCUT2D eigenvalue weighted by atomic mass is 10.1. The molecule has 0 aromatic carbocycles. The van der Waals surface area contributed by atoms with E-state index >= 15 is 0 Å².